The molecule has 2 aromatic rings. The van der Waals surface area contributed by atoms with Crippen molar-refractivity contribution >= 4 is 34.4 Å². The van der Waals surface area contributed by atoms with Gasteiger partial charge in [0.25, 0.3) is 0 Å². The quantitative estimate of drug-likeness (QED) is 0.740. The van der Waals surface area contributed by atoms with E-state index >= 15 is 0 Å². The van der Waals surface area contributed by atoms with Crippen molar-refractivity contribution in [3.63, 3.8) is 0 Å². The van der Waals surface area contributed by atoms with Gasteiger partial charge in [-0.3, -0.25) is 0 Å². The molecule has 5 nitrogen and oxygen atoms in total. The molecule has 3 N–H and O–H groups in total. The number of aliphatic hydroxyl groups is 1. The predicted molar refractivity (Wildman–Crippen MR) is 79.0 cm³/mol. The summed E-state index contributed by atoms with van der Waals surface area (Å²) in [6.45, 7) is 2.08. The monoisotopic (exact) mass is 298 g/mol. The average Bonchev–Trinajstić information content (AvgIpc) is 2.91. The first-order chi connectivity index (χ1) is 9.04. The van der Waals surface area contributed by atoms with Crippen LogP contribution in [0.1, 0.15) is 12.5 Å². The zero-order valence-corrected chi connectivity index (χ0v) is 12.2. The molecule has 0 aliphatic carbocycles. The van der Waals surface area contributed by atoms with E-state index in [9.17, 15) is 5.11 Å². The van der Waals surface area contributed by atoms with Crippen molar-refractivity contribution in [2.75, 3.05) is 24.2 Å². The van der Waals surface area contributed by atoms with Crippen LogP contribution in [-0.2, 0) is 5.60 Å². The van der Waals surface area contributed by atoms with Gasteiger partial charge in [0.15, 0.2) is 11.0 Å². The highest BCUT2D eigenvalue weighted by atomic mass is 35.5. The molecule has 2 heterocycles. The second-order valence-electron chi connectivity index (χ2n) is 4.28. The van der Waals surface area contributed by atoms with E-state index in [1.807, 2.05) is 16.8 Å². The van der Waals surface area contributed by atoms with Crippen LogP contribution in [-0.4, -0.2) is 28.7 Å². The fourth-order valence-electron chi connectivity index (χ4n) is 1.65. The van der Waals surface area contributed by atoms with Crippen LogP contribution in [0.25, 0.3) is 0 Å². The van der Waals surface area contributed by atoms with Crippen molar-refractivity contribution in [2.45, 2.75) is 12.5 Å². The maximum absolute atomic E-state index is 10.4. The van der Waals surface area contributed by atoms with Gasteiger partial charge in [-0.2, -0.15) is 11.3 Å². The highest BCUT2D eigenvalue weighted by molar-refractivity contribution is 7.08. The summed E-state index contributed by atoms with van der Waals surface area (Å²) in [5.41, 5.74) is 0.518. The van der Waals surface area contributed by atoms with Gasteiger partial charge < -0.3 is 15.7 Å². The lowest BCUT2D eigenvalue weighted by Gasteiger charge is -2.23. The zero-order valence-electron chi connectivity index (χ0n) is 10.6. The number of rotatable bonds is 5. The molecule has 102 valence electrons. The lowest BCUT2D eigenvalue weighted by atomic mass is 9.99. The van der Waals surface area contributed by atoms with E-state index in [2.05, 4.69) is 20.6 Å². The topological polar surface area (TPSA) is 70.1 Å². The Labute approximate surface area is 120 Å². The third kappa shape index (κ3) is 3.15. The molecule has 0 bridgehead atoms. The number of halogens is 1. The summed E-state index contributed by atoms with van der Waals surface area (Å²) in [6.07, 6.45) is 1.38. The van der Waals surface area contributed by atoms with Gasteiger partial charge in [0.1, 0.15) is 17.6 Å². The zero-order chi connectivity index (χ0) is 13.9. The van der Waals surface area contributed by atoms with Crippen molar-refractivity contribution < 1.29 is 5.11 Å². The van der Waals surface area contributed by atoms with Gasteiger partial charge in [-0.1, -0.05) is 11.6 Å². The standard InChI is InChI=1S/C12H15ClN4OS/c1-12(18,8-3-4-19-5-8)6-15-11-9(14-2)10(13)16-7-17-11/h3-5,7,14,18H,6H2,1-2H3,(H,15,16,17). The molecule has 0 aliphatic rings. The molecule has 2 aromatic heterocycles. The largest absolute Gasteiger partial charge is 0.384 e. The Kier molecular flexibility index (Phi) is 4.24. The van der Waals surface area contributed by atoms with Gasteiger partial charge in [-0.15, -0.1) is 0 Å². The molecule has 0 saturated heterocycles. The molecule has 0 amide bonds. The number of aromatic nitrogens is 2. The van der Waals surface area contributed by atoms with Gasteiger partial charge in [0, 0.05) is 13.6 Å². The first-order valence-electron chi connectivity index (χ1n) is 5.72. The summed E-state index contributed by atoms with van der Waals surface area (Å²) in [4.78, 5) is 8.01. The lowest BCUT2D eigenvalue weighted by Crippen LogP contribution is -2.30. The van der Waals surface area contributed by atoms with E-state index in [0.717, 1.165) is 5.56 Å². The van der Waals surface area contributed by atoms with Crippen molar-refractivity contribution in [3.8, 4) is 0 Å². The molecular formula is C12H15ClN4OS. The summed E-state index contributed by atoms with van der Waals surface area (Å²) < 4.78 is 0. The molecule has 19 heavy (non-hydrogen) atoms. The summed E-state index contributed by atoms with van der Waals surface area (Å²) in [6, 6.07) is 1.90. The second kappa shape index (κ2) is 5.73. The Morgan fingerprint density at radius 3 is 2.89 bits per heavy atom. The maximum Gasteiger partial charge on any atom is 0.157 e. The molecule has 1 unspecified atom stereocenters. The van der Waals surface area contributed by atoms with E-state index in [1.165, 1.54) is 6.33 Å². The van der Waals surface area contributed by atoms with E-state index in [-0.39, 0.29) is 0 Å². The highest BCUT2D eigenvalue weighted by Crippen LogP contribution is 2.28. The smallest absolute Gasteiger partial charge is 0.157 e. The van der Waals surface area contributed by atoms with Crippen molar-refractivity contribution in [2.24, 2.45) is 0 Å². The molecule has 2 rings (SSSR count). The van der Waals surface area contributed by atoms with Crippen LogP contribution in [0, 0.1) is 0 Å². The van der Waals surface area contributed by atoms with E-state index < -0.39 is 5.60 Å². The van der Waals surface area contributed by atoms with Gasteiger partial charge in [-0.05, 0) is 29.3 Å². The summed E-state index contributed by atoms with van der Waals surface area (Å²) in [5, 5.41) is 20.6. The number of anilines is 2. The predicted octanol–water partition coefficient (Wildman–Crippen LogP) is 2.55. The molecular weight excluding hydrogens is 284 g/mol. The van der Waals surface area contributed by atoms with Crippen LogP contribution in [0.5, 0.6) is 0 Å². The normalized spacial score (nSPS) is 13.9. The van der Waals surface area contributed by atoms with Crippen LogP contribution in [0.3, 0.4) is 0 Å². The molecule has 0 saturated carbocycles. The Morgan fingerprint density at radius 2 is 2.26 bits per heavy atom. The van der Waals surface area contributed by atoms with Crippen LogP contribution in [0.4, 0.5) is 11.5 Å². The minimum absolute atomic E-state index is 0.325. The first-order valence-corrected chi connectivity index (χ1v) is 7.04. The fraction of sp³-hybridized carbons (Fsp3) is 0.333. The highest BCUT2D eigenvalue weighted by Gasteiger charge is 2.24. The van der Waals surface area contributed by atoms with E-state index in [4.69, 9.17) is 11.6 Å². The van der Waals surface area contributed by atoms with Gasteiger partial charge >= 0.3 is 0 Å². The average molecular weight is 299 g/mol. The van der Waals surface area contributed by atoms with Crippen LogP contribution >= 0.6 is 22.9 Å². The first kappa shape index (κ1) is 14.0. The maximum atomic E-state index is 10.4. The Morgan fingerprint density at radius 1 is 1.47 bits per heavy atom. The Hall–Kier alpha value is -1.37. The van der Waals surface area contributed by atoms with Crippen molar-refractivity contribution in [3.05, 3.63) is 33.9 Å². The number of hydrogen-bond acceptors (Lipinski definition) is 6. The Bertz CT molecular complexity index is 545. The molecule has 7 heteroatoms. The third-order valence-electron chi connectivity index (χ3n) is 2.79. The minimum Gasteiger partial charge on any atom is -0.384 e. The minimum atomic E-state index is -0.970. The molecule has 0 radical (unpaired) electrons. The Balaban J connectivity index is 2.13. The van der Waals surface area contributed by atoms with Gasteiger partial charge in [0.05, 0.1) is 0 Å². The molecule has 0 aliphatic heterocycles. The van der Waals surface area contributed by atoms with Crippen molar-refractivity contribution in [1.29, 1.82) is 0 Å². The van der Waals surface area contributed by atoms with Crippen LogP contribution in [0.2, 0.25) is 5.15 Å². The molecule has 0 spiro atoms. The number of nitrogens with one attached hydrogen (secondary N) is 2. The van der Waals surface area contributed by atoms with Gasteiger partial charge in [0.2, 0.25) is 0 Å². The van der Waals surface area contributed by atoms with Crippen molar-refractivity contribution in [1.82, 2.24) is 9.97 Å². The second-order valence-corrected chi connectivity index (χ2v) is 5.42. The summed E-state index contributed by atoms with van der Waals surface area (Å²) >= 11 is 7.52. The van der Waals surface area contributed by atoms with Crippen LogP contribution in [0.15, 0.2) is 23.2 Å². The van der Waals surface area contributed by atoms with E-state index in [1.54, 1.807) is 25.3 Å². The number of nitrogens with zero attached hydrogens (tertiary/aromatic N) is 2. The number of hydrogen-bond donors (Lipinski definition) is 3. The molecule has 1 atom stereocenters. The lowest BCUT2D eigenvalue weighted by molar-refractivity contribution is 0.0719. The summed E-state index contributed by atoms with van der Waals surface area (Å²) in [7, 11) is 1.74. The molecule has 0 aromatic carbocycles. The summed E-state index contributed by atoms with van der Waals surface area (Å²) in [5.74, 6) is 0.568. The molecule has 0 fully saturated rings. The van der Waals surface area contributed by atoms with E-state index in [0.29, 0.717) is 23.2 Å². The SMILES string of the molecule is CNc1c(Cl)ncnc1NCC(C)(O)c1ccsc1. The number of thiophene rings is 1. The fourth-order valence-corrected chi connectivity index (χ4v) is 2.66. The van der Waals surface area contributed by atoms with Crippen LogP contribution < -0.4 is 10.6 Å². The third-order valence-corrected chi connectivity index (χ3v) is 3.76. The van der Waals surface area contributed by atoms with Gasteiger partial charge in [-0.25, -0.2) is 9.97 Å².